The Kier molecular flexibility index (Phi) is 7.37. The maximum atomic E-state index is 12.2. The Morgan fingerprint density at radius 2 is 1.88 bits per heavy atom. The molecule has 0 amide bonds. The molecule has 2 heterocycles. The van der Waals surface area contributed by atoms with E-state index < -0.39 is 5.60 Å². The number of ether oxygens (including phenoxy) is 3. The number of carbonyl (C=O) groups excluding carboxylic acids is 1. The van der Waals surface area contributed by atoms with E-state index in [0.29, 0.717) is 29.8 Å². The summed E-state index contributed by atoms with van der Waals surface area (Å²) in [6, 6.07) is 9.90. The lowest BCUT2D eigenvalue weighted by Crippen LogP contribution is -2.46. The molecule has 2 aromatic rings. The highest BCUT2D eigenvalue weighted by Crippen LogP contribution is 2.46. The first-order chi connectivity index (χ1) is 16.1. The molecule has 4 rings (SSSR count). The minimum atomic E-state index is -0.457. The van der Waals surface area contributed by atoms with Crippen LogP contribution in [0.15, 0.2) is 30.3 Å². The van der Waals surface area contributed by atoms with Gasteiger partial charge in [0.1, 0.15) is 23.7 Å². The van der Waals surface area contributed by atoms with E-state index in [2.05, 4.69) is 17.9 Å². The molecule has 184 valence electrons. The Hall–Kier alpha value is -1.95. The maximum Gasteiger partial charge on any atom is 0.320 e. The number of fused-ring (bicyclic) bond motifs is 2. The monoisotopic (exact) mass is 505 g/mol. The Balaban J connectivity index is 1.39. The first-order valence-corrected chi connectivity index (χ1v) is 12.7. The molecule has 0 atom stereocenters. The third-order valence-electron chi connectivity index (χ3n) is 6.64. The van der Waals surface area contributed by atoms with Gasteiger partial charge in [0.15, 0.2) is 0 Å². The third-order valence-corrected chi connectivity index (χ3v) is 7.47. The average Bonchev–Trinajstić information content (AvgIpc) is 3.11. The Morgan fingerprint density at radius 1 is 1.15 bits per heavy atom. The Labute approximate surface area is 212 Å². The fourth-order valence-corrected chi connectivity index (χ4v) is 5.37. The number of aryl methyl sites for hydroxylation is 1. The Bertz CT molecular complexity index is 1060. The normalized spacial score (nSPS) is 17.4. The van der Waals surface area contributed by atoms with Crippen LogP contribution in [0.5, 0.6) is 11.5 Å². The van der Waals surface area contributed by atoms with Gasteiger partial charge in [-0.2, -0.15) is 0 Å². The van der Waals surface area contributed by atoms with Crippen LogP contribution in [0.25, 0.3) is 0 Å². The van der Waals surface area contributed by atoms with Gasteiger partial charge >= 0.3 is 5.97 Å². The second-order valence-electron chi connectivity index (χ2n) is 10.2. The molecule has 2 aliphatic heterocycles. The van der Waals surface area contributed by atoms with Gasteiger partial charge in [0.05, 0.1) is 18.2 Å². The van der Waals surface area contributed by atoms with Crippen LogP contribution in [-0.2, 0) is 28.0 Å². The molecule has 1 saturated heterocycles. The highest BCUT2D eigenvalue weighted by molar-refractivity contribution is 6.36. The van der Waals surface area contributed by atoms with Gasteiger partial charge in [0.25, 0.3) is 0 Å². The smallest absolute Gasteiger partial charge is 0.320 e. The summed E-state index contributed by atoms with van der Waals surface area (Å²) in [6.07, 6.45) is 2.73. The van der Waals surface area contributed by atoms with E-state index in [1.807, 2.05) is 45.0 Å². The highest BCUT2D eigenvalue weighted by atomic mass is 35.5. The van der Waals surface area contributed by atoms with Gasteiger partial charge in [-0.1, -0.05) is 42.3 Å². The zero-order valence-electron chi connectivity index (χ0n) is 20.4. The van der Waals surface area contributed by atoms with E-state index in [1.54, 1.807) is 0 Å². The lowest BCUT2D eigenvalue weighted by molar-refractivity contribution is -0.156. The minimum absolute atomic E-state index is 0.0135. The topological polar surface area (TPSA) is 48.0 Å². The number of hydrogen-bond acceptors (Lipinski definition) is 5. The molecule has 0 unspecified atom stereocenters. The molecule has 34 heavy (non-hydrogen) atoms. The predicted octanol–water partition coefficient (Wildman–Crippen LogP) is 6.20. The van der Waals surface area contributed by atoms with Gasteiger partial charge in [-0.15, -0.1) is 0 Å². The number of benzene rings is 2. The standard InChI is InChI=1S/C27H33Cl2NO4/c1-5-18-6-9-22(28)20(25(18)29)16-32-19-7-8-21-23(14-19)33-17-27(21)10-12-30(13-11-27)15-24(31)34-26(2,3)4/h6-9,14H,5,10-13,15-17H2,1-4H3. The van der Waals surface area contributed by atoms with Crippen molar-refractivity contribution in [2.45, 2.75) is 64.6 Å². The van der Waals surface area contributed by atoms with Crippen LogP contribution in [-0.4, -0.2) is 42.7 Å². The summed E-state index contributed by atoms with van der Waals surface area (Å²) >= 11 is 12.9. The van der Waals surface area contributed by atoms with Crippen molar-refractivity contribution in [2.24, 2.45) is 0 Å². The number of piperidine rings is 1. The lowest BCUT2D eigenvalue weighted by Gasteiger charge is -2.38. The summed E-state index contributed by atoms with van der Waals surface area (Å²) in [5.74, 6) is 1.43. The number of rotatable bonds is 6. The Morgan fingerprint density at radius 3 is 2.56 bits per heavy atom. The summed E-state index contributed by atoms with van der Waals surface area (Å²) < 4.78 is 17.6. The minimum Gasteiger partial charge on any atom is -0.492 e. The number of carbonyl (C=O) groups is 1. The zero-order chi connectivity index (χ0) is 24.5. The number of nitrogens with zero attached hydrogens (tertiary/aromatic N) is 1. The fraction of sp³-hybridized carbons (Fsp3) is 0.519. The first-order valence-electron chi connectivity index (χ1n) is 11.9. The summed E-state index contributed by atoms with van der Waals surface area (Å²) in [4.78, 5) is 14.4. The number of likely N-dealkylation sites (tertiary alicyclic amines) is 1. The molecule has 0 aliphatic carbocycles. The molecule has 0 bridgehead atoms. The van der Waals surface area contributed by atoms with Gasteiger partial charge in [-0.05, 0) is 70.8 Å². The largest absolute Gasteiger partial charge is 0.492 e. The van der Waals surface area contributed by atoms with Crippen LogP contribution in [0, 0.1) is 0 Å². The van der Waals surface area contributed by atoms with Crippen LogP contribution < -0.4 is 9.47 Å². The molecule has 7 heteroatoms. The molecule has 1 fully saturated rings. The zero-order valence-corrected chi connectivity index (χ0v) is 21.9. The van der Waals surface area contributed by atoms with Crippen molar-refractivity contribution >= 4 is 29.2 Å². The van der Waals surface area contributed by atoms with Gasteiger partial charge in [-0.3, -0.25) is 9.69 Å². The number of esters is 1. The second-order valence-corrected chi connectivity index (χ2v) is 11.0. The summed E-state index contributed by atoms with van der Waals surface area (Å²) in [5.41, 5.74) is 2.61. The first kappa shape index (κ1) is 25.2. The van der Waals surface area contributed by atoms with Crippen LogP contribution in [0.4, 0.5) is 0 Å². The van der Waals surface area contributed by atoms with Gasteiger partial charge in [-0.25, -0.2) is 0 Å². The molecule has 0 aromatic heterocycles. The van der Waals surface area contributed by atoms with E-state index in [-0.39, 0.29) is 11.4 Å². The van der Waals surface area contributed by atoms with E-state index in [1.165, 1.54) is 5.56 Å². The quantitative estimate of drug-likeness (QED) is 0.437. The molecule has 1 spiro atoms. The van der Waals surface area contributed by atoms with Crippen molar-refractivity contribution in [3.63, 3.8) is 0 Å². The highest BCUT2D eigenvalue weighted by Gasteiger charge is 2.43. The summed E-state index contributed by atoms with van der Waals surface area (Å²) in [7, 11) is 0. The number of halogens is 2. The van der Waals surface area contributed by atoms with Gasteiger partial charge in [0.2, 0.25) is 0 Å². The molecular weight excluding hydrogens is 473 g/mol. The molecule has 2 aromatic carbocycles. The average molecular weight is 506 g/mol. The maximum absolute atomic E-state index is 12.2. The van der Waals surface area contributed by atoms with Crippen LogP contribution in [0.1, 0.15) is 57.2 Å². The second kappa shape index (κ2) is 9.96. The fourth-order valence-electron chi connectivity index (χ4n) is 4.76. The van der Waals surface area contributed by atoms with Crippen molar-refractivity contribution in [1.82, 2.24) is 4.90 Å². The third kappa shape index (κ3) is 5.48. The van der Waals surface area contributed by atoms with Crippen molar-refractivity contribution in [3.05, 3.63) is 57.1 Å². The number of hydrogen-bond donors (Lipinski definition) is 0. The summed E-state index contributed by atoms with van der Waals surface area (Å²) in [5, 5.41) is 1.28. The summed E-state index contributed by atoms with van der Waals surface area (Å²) in [6.45, 7) is 10.7. The van der Waals surface area contributed by atoms with E-state index in [9.17, 15) is 4.79 Å². The van der Waals surface area contributed by atoms with Crippen LogP contribution in [0.3, 0.4) is 0 Å². The SMILES string of the molecule is CCc1ccc(Cl)c(COc2ccc3c(c2)OCC32CCN(CC(=O)OC(C)(C)C)CC2)c1Cl. The van der Waals surface area contributed by atoms with Gasteiger partial charge < -0.3 is 14.2 Å². The molecule has 5 nitrogen and oxygen atoms in total. The van der Waals surface area contributed by atoms with Crippen molar-refractivity contribution < 1.29 is 19.0 Å². The van der Waals surface area contributed by atoms with E-state index >= 15 is 0 Å². The van der Waals surface area contributed by atoms with Crippen molar-refractivity contribution in [2.75, 3.05) is 26.2 Å². The van der Waals surface area contributed by atoms with E-state index in [4.69, 9.17) is 37.4 Å². The molecule has 0 radical (unpaired) electrons. The molecule has 2 aliphatic rings. The van der Waals surface area contributed by atoms with Crippen LogP contribution >= 0.6 is 23.2 Å². The molecule has 0 saturated carbocycles. The predicted molar refractivity (Wildman–Crippen MR) is 135 cm³/mol. The van der Waals surface area contributed by atoms with Crippen molar-refractivity contribution in [3.8, 4) is 11.5 Å². The van der Waals surface area contributed by atoms with Crippen LogP contribution in [0.2, 0.25) is 10.0 Å². The van der Waals surface area contributed by atoms with Crippen molar-refractivity contribution in [1.29, 1.82) is 0 Å². The molecular formula is C27H33Cl2NO4. The lowest BCUT2D eigenvalue weighted by atomic mass is 9.74. The van der Waals surface area contributed by atoms with E-state index in [0.717, 1.165) is 55.0 Å². The molecule has 0 N–H and O–H groups in total. The van der Waals surface area contributed by atoms with Gasteiger partial charge in [0, 0.05) is 27.6 Å².